The van der Waals surface area contributed by atoms with Crippen molar-refractivity contribution in [3.05, 3.63) is 0 Å². The van der Waals surface area contributed by atoms with Crippen molar-refractivity contribution in [3.63, 3.8) is 0 Å². The molecule has 0 aliphatic carbocycles. The van der Waals surface area contributed by atoms with Gasteiger partial charge in [0.25, 0.3) is 0 Å². The molecule has 0 radical (unpaired) electrons. The second-order valence-corrected chi connectivity index (χ2v) is 5.00. The normalized spacial score (nSPS) is 27.0. The van der Waals surface area contributed by atoms with Crippen LogP contribution in [0.4, 0.5) is 0 Å². The van der Waals surface area contributed by atoms with Crippen molar-refractivity contribution in [1.82, 2.24) is 5.32 Å². The highest BCUT2D eigenvalue weighted by molar-refractivity contribution is 7.99. The molecule has 0 saturated carbocycles. The summed E-state index contributed by atoms with van der Waals surface area (Å²) in [6.45, 7) is 4.47. The van der Waals surface area contributed by atoms with Crippen LogP contribution in [0.2, 0.25) is 0 Å². The predicted octanol–water partition coefficient (Wildman–Crippen LogP) is 1.12. The van der Waals surface area contributed by atoms with E-state index in [-0.39, 0.29) is 0 Å². The molecule has 0 aromatic rings. The van der Waals surface area contributed by atoms with Crippen molar-refractivity contribution in [2.75, 3.05) is 32.1 Å². The zero-order chi connectivity index (χ0) is 8.23. The fraction of sp³-hybridized carbons (Fsp3) is 1.00. The third-order valence-electron chi connectivity index (χ3n) is 2.60. The van der Waals surface area contributed by atoms with Crippen LogP contribution in [0, 0.1) is 5.92 Å². The topological polar surface area (TPSA) is 21.3 Å². The van der Waals surface area contributed by atoms with Crippen molar-refractivity contribution in [2.45, 2.75) is 18.1 Å². The molecule has 0 aromatic heterocycles. The van der Waals surface area contributed by atoms with E-state index in [0.29, 0.717) is 0 Å². The highest BCUT2D eigenvalue weighted by Crippen LogP contribution is 2.24. The van der Waals surface area contributed by atoms with E-state index in [1.807, 2.05) is 0 Å². The van der Waals surface area contributed by atoms with E-state index >= 15 is 0 Å². The number of nitrogens with one attached hydrogen (secondary N) is 1. The monoisotopic (exact) mass is 187 g/mol. The molecule has 2 rings (SSSR count). The SMILES string of the molecule is C1CC(SCC2CNC2)CCO1. The average Bonchev–Trinajstić information content (AvgIpc) is 2.04. The van der Waals surface area contributed by atoms with Crippen molar-refractivity contribution < 1.29 is 4.74 Å². The molecule has 2 nitrogen and oxygen atoms in total. The molecule has 2 heterocycles. The molecular weight excluding hydrogens is 170 g/mol. The number of hydrogen-bond donors (Lipinski definition) is 1. The maximum atomic E-state index is 5.32. The first-order chi connectivity index (χ1) is 5.95. The third kappa shape index (κ3) is 2.38. The van der Waals surface area contributed by atoms with E-state index in [4.69, 9.17) is 4.74 Å². The highest BCUT2D eigenvalue weighted by atomic mass is 32.2. The lowest BCUT2D eigenvalue weighted by molar-refractivity contribution is 0.0999. The minimum Gasteiger partial charge on any atom is -0.381 e. The molecule has 1 N–H and O–H groups in total. The maximum absolute atomic E-state index is 5.32. The van der Waals surface area contributed by atoms with E-state index in [1.54, 1.807) is 0 Å². The van der Waals surface area contributed by atoms with E-state index in [9.17, 15) is 0 Å². The molecule has 2 fully saturated rings. The van der Waals surface area contributed by atoms with Gasteiger partial charge in [-0.3, -0.25) is 0 Å². The van der Waals surface area contributed by atoms with Gasteiger partial charge in [0.1, 0.15) is 0 Å². The molecule has 12 heavy (non-hydrogen) atoms. The van der Waals surface area contributed by atoms with E-state index < -0.39 is 0 Å². The van der Waals surface area contributed by atoms with Crippen LogP contribution in [0.15, 0.2) is 0 Å². The summed E-state index contributed by atoms with van der Waals surface area (Å²) in [7, 11) is 0. The molecule has 2 saturated heterocycles. The largest absolute Gasteiger partial charge is 0.381 e. The van der Waals surface area contributed by atoms with E-state index in [2.05, 4.69) is 17.1 Å². The van der Waals surface area contributed by atoms with Gasteiger partial charge in [-0.05, 0) is 37.6 Å². The van der Waals surface area contributed by atoms with Gasteiger partial charge in [-0.2, -0.15) is 11.8 Å². The van der Waals surface area contributed by atoms with Gasteiger partial charge in [0.15, 0.2) is 0 Å². The first-order valence-corrected chi connectivity index (χ1v) is 5.90. The van der Waals surface area contributed by atoms with Crippen LogP contribution in [0.1, 0.15) is 12.8 Å². The Morgan fingerprint density at radius 3 is 2.58 bits per heavy atom. The van der Waals surface area contributed by atoms with Crippen LogP contribution in [0.25, 0.3) is 0 Å². The molecule has 70 valence electrons. The van der Waals surface area contributed by atoms with Crippen LogP contribution in [0.3, 0.4) is 0 Å². The molecular formula is C9H17NOS. The Bertz CT molecular complexity index is 132. The first-order valence-electron chi connectivity index (χ1n) is 4.85. The summed E-state index contributed by atoms with van der Waals surface area (Å²) in [5, 5.41) is 4.20. The Morgan fingerprint density at radius 1 is 1.25 bits per heavy atom. The summed E-state index contributed by atoms with van der Waals surface area (Å²) in [5.74, 6) is 2.32. The minimum atomic E-state index is 0.888. The smallest absolute Gasteiger partial charge is 0.0476 e. The Kier molecular flexibility index (Phi) is 3.31. The standard InChI is InChI=1S/C9H17NOS/c1-3-11-4-2-9(1)12-7-8-5-10-6-8/h8-10H,1-7H2. The van der Waals surface area contributed by atoms with Gasteiger partial charge in [-0.1, -0.05) is 0 Å². The van der Waals surface area contributed by atoms with Gasteiger partial charge in [-0.25, -0.2) is 0 Å². The lowest BCUT2D eigenvalue weighted by Gasteiger charge is -2.29. The van der Waals surface area contributed by atoms with E-state index in [0.717, 1.165) is 24.4 Å². The molecule has 0 aromatic carbocycles. The molecule has 0 unspecified atom stereocenters. The number of ether oxygens (including phenoxy) is 1. The first kappa shape index (κ1) is 8.85. The summed E-state index contributed by atoms with van der Waals surface area (Å²) in [6.07, 6.45) is 2.54. The number of rotatable bonds is 3. The van der Waals surface area contributed by atoms with Crippen molar-refractivity contribution in [2.24, 2.45) is 5.92 Å². The van der Waals surface area contributed by atoms with Crippen LogP contribution < -0.4 is 5.32 Å². The summed E-state index contributed by atoms with van der Waals surface area (Å²) in [4.78, 5) is 0. The summed E-state index contributed by atoms with van der Waals surface area (Å²) >= 11 is 2.16. The van der Waals surface area contributed by atoms with Crippen LogP contribution in [-0.2, 0) is 4.74 Å². The maximum Gasteiger partial charge on any atom is 0.0476 e. The van der Waals surface area contributed by atoms with Gasteiger partial charge in [0, 0.05) is 18.5 Å². The lowest BCUT2D eigenvalue weighted by atomic mass is 10.1. The van der Waals surface area contributed by atoms with Crippen LogP contribution in [-0.4, -0.2) is 37.3 Å². The summed E-state index contributed by atoms with van der Waals surface area (Å²) in [5.41, 5.74) is 0. The molecule has 3 heteroatoms. The average molecular weight is 187 g/mol. The van der Waals surface area contributed by atoms with Gasteiger partial charge in [0.05, 0.1) is 0 Å². The van der Waals surface area contributed by atoms with Crippen LogP contribution >= 0.6 is 11.8 Å². The van der Waals surface area contributed by atoms with Gasteiger partial charge in [-0.15, -0.1) is 0 Å². The molecule has 2 aliphatic rings. The Balaban J connectivity index is 1.58. The van der Waals surface area contributed by atoms with E-state index in [1.165, 1.54) is 31.7 Å². The lowest BCUT2D eigenvalue weighted by Crippen LogP contribution is -2.43. The van der Waals surface area contributed by atoms with Crippen molar-refractivity contribution in [3.8, 4) is 0 Å². The minimum absolute atomic E-state index is 0.888. The second-order valence-electron chi connectivity index (χ2n) is 3.67. The fourth-order valence-corrected chi connectivity index (χ4v) is 2.89. The van der Waals surface area contributed by atoms with Gasteiger partial charge < -0.3 is 10.1 Å². The molecule has 0 amide bonds. The Hall–Kier alpha value is 0.270. The van der Waals surface area contributed by atoms with Crippen molar-refractivity contribution >= 4 is 11.8 Å². The highest BCUT2D eigenvalue weighted by Gasteiger charge is 2.20. The zero-order valence-electron chi connectivity index (χ0n) is 7.42. The van der Waals surface area contributed by atoms with Gasteiger partial charge >= 0.3 is 0 Å². The summed E-state index contributed by atoms with van der Waals surface area (Å²) in [6, 6.07) is 0. The number of thioether (sulfide) groups is 1. The number of hydrogen-bond acceptors (Lipinski definition) is 3. The van der Waals surface area contributed by atoms with Gasteiger partial charge in [0.2, 0.25) is 0 Å². The van der Waals surface area contributed by atoms with Crippen LogP contribution in [0.5, 0.6) is 0 Å². The predicted molar refractivity (Wildman–Crippen MR) is 52.7 cm³/mol. The molecule has 2 aliphatic heterocycles. The second kappa shape index (κ2) is 4.49. The molecule has 0 atom stereocenters. The Morgan fingerprint density at radius 2 is 2.00 bits per heavy atom. The third-order valence-corrected chi connectivity index (χ3v) is 4.21. The Labute approximate surface area is 78.4 Å². The van der Waals surface area contributed by atoms with Crippen molar-refractivity contribution in [1.29, 1.82) is 0 Å². The fourth-order valence-electron chi connectivity index (χ4n) is 1.58. The quantitative estimate of drug-likeness (QED) is 0.715. The molecule has 0 spiro atoms. The molecule has 0 bridgehead atoms. The zero-order valence-corrected chi connectivity index (χ0v) is 8.24. The summed E-state index contributed by atoms with van der Waals surface area (Å²) < 4.78 is 5.32.